The van der Waals surface area contributed by atoms with Crippen LogP contribution in [-0.2, 0) is 0 Å². The zero-order valence-corrected chi connectivity index (χ0v) is 15.2. The largest absolute Gasteiger partial charge is 0.394 e. The Morgan fingerprint density at radius 1 is 1.26 bits per heavy atom. The number of likely N-dealkylation sites (tertiary alicyclic amines) is 1. The van der Waals surface area contributed by atoms with Gasteiger partial charge in [-0.15, -0.1) is 0 Å². The van der Waals surface area contributed by atoms with Gasteiger partial charge in [0.25, 0.3) is 5.91 Å². The molecule has 0 aromatic heterocycles. The van der Waals surface area contributed by atoms with Crippen LogP contribution in [0.5, 0.6) is 0 Å². The van der Waals surface area contributed by atoms with Crippen molar-refractivity contribution in [3.63, 3.8) is 0 Å². The molecule has 1 aromatic carbocycles. The van der Waals surface area contributed by atoms with Gasteiger partial charge in [-0.05, 0) is 69.2 Å². The summed E-state index contributed by atoms with van der Waals surface area (Å²) < 4.78 is 7.80. The van der Waals surface area contributed by atoms with E-state index in [9.17, 15) is 9.90 Å². The summed E-state index contributed by atoms with van der Waals surface area (Å²) in [7, 11) is 1.82. The molecule has 1 fully saturated rings. The Balaban J connectivity index is 2.61. The van der Waals surface area contributed by atoms with Crippen LogP contribution in [0.25, 0.3) is 0 Å². The number of hydrogen-bond acceptors (Lipinski definition) is 3. The number of anilines is 1. The molecule has 1 aliphatic heterocycles. The highest BCUT2D eigenvalue weighted by atomic mass is 16.3. The molecule has 1 heterocycles. The van der Waals surface area contributed by atoms with Crippen LogP contribution in [0.4, 0.5) is 5.69 Å². The molecule has 1 saturated heterocycles. The van der Waals surface area contributed by atoms with E-state index in [1.54, 1.807) is 0 Å². The van der Waals surface area contributed by atoms with Crippen LogP contribution in [0.3, 0.4) is 0 Å². The van der Waals surface area contributed by atoms with Gasteiger partial charge < -0.3 is 15.3 Å². The van der Waals surface area contributed by atoms with E-state index in [0.29, 0.717) is 11.5 Å². The van der Waals surface area contributed by atoms with Gasteiger partial charge in [-0.2, -0.15) is 0 Å². The second kappa shape index (κ2) is 6.52. The average molecular weight is 319 g/mol. The summed E-state index contributed by atoms with van der Waals surface area (Å²) in [5.74, 6) is 0.356. The number of aliphatic hydroxyl groups excluding tert-OH is 1. The second-order valence-electron chi connectivity index (χ2n) is 6.86. The number of carbonyl (C=O) groups is 1. The summed E-state index contributed by atoms with van der Waals surface area (Å²) >= 11 is 0. The lowest BCUT2D eigenvalue weighted by atomic mass is 9.91. The van der Waals surface area contributed by atoms with E-state index in [1.807, 2.05) is 32.7 Å². The topological polar surface area (TPSA) is 52.6 Å². The fraction of sp³-hybridized carbons (Fsp3) is 0.632. The minimum atomic E-state index is -0.122. The molecule has 0 saturated carbocycles. The lowest BCUT2D eigenvalue weighted by Crippen LogP contribution is -2.43. The minimum Gasteiger partial charge on any atom is -0.394 e. The van der Waals surface area contributed by atoms with Crippen molar-refractivity contribution >= 4 is 11.6 Å². The average Bonchev–Trinajstić information content (AvgIpc) is 2.85. The van der Waals surface area contributed by atoms with Gasteiger partial charge >= 0.3 is 0 Å². The van der Waals surface area contributed by atoms with E-state index in [4.69, 9.17) is 1.37 Å². The van der Waals surface area contributed by atoms with E-state index in [-0.39, 0.29) is 31.5 Å². The Kier molecular flexibility index (Phi) is 4.62. The molecule has 0 radical (unpaired) electrons. The molecule has 1 aliphatic rings. The molecule has 0 spiro atoms. The third-order valence-electron chi connectivity index (χ3n) is 5.68. The molecule has 2 unspecified atom stereocenters. The van der Waals surface area contributed by atoms with Gasteiger partial charge in [0.15, 0.2) is 0 Å². The first-order valence-electron chi connectivity index (χ1n) is 9.03. The minimum absolute atomic E-state index is 0.00285. The Hall–Kier alpha value is -1.55. The maximum atomic E-state index is 13.4. The lowest BCUT2D eigenvalue weighted by molar-refractivity contribution is 0.0603. The molecule has 4 heteroatoms. The predicted octanol–water partition coefficient (Wildman–Crippen LogP) is 3.19. The molecule has 1 amide bonds. The van der Waals surface area contributed by atoms with E-state index in [1.165, 1.54) is 0 Å². The fourth-order valence-electron chi connectivity index (χ4n) is 3.79. The zero-order chi connectivity index (χ0) is 18.2. The summed E-state index contributed by atoms with van der Waals surface area (Å²) in [5.41, 5.74) is 5.40. The second-order valence-corrected chi connectivity index (χ2v) is 6.86. The Labute approximate surface area is 141 Å². The maximum absolute atomic E-state index is 13.4. The fourth-order valence-corrected chi connectivity index (χ4v) is 3.79. The zero-order valence-electron chi connectivity index (χ0n) is 16.2. The van der Waals surface area contributed by atoms with Gasteiger partial charge in [-0.1, -0.05) is 6.92 Å². The molecule has 3 atom stereocenters. The van der Waals surface area contributed by atoms with Crippen molar-refractivity contribution in [2.24, 2.45) is 5.92 Å². The van der Waals surface area contributed by atoms with Crippen LogP contribution < -0.4 is 5.32 Å². The Morgan fingerprint density at radius 3 is 2.43 bits per heavy atom. The van der Waals surface area contributed by atoms with Gasteiger partial charge in [0, 0.05) is 14.5 Å². The van der Waals surface area contributed by atoms with Crippen molar-refractivity contribution < 1.29 is 11.3 Å². The third kappa shape index (κ3) is 2.74. The summed E-state index contributed by atoms with van der Waals surface area (Å²) in [6.45, 7) is 10.3. The molecular weight excluding hydrogens is 288 g/mol. The number of hydrogen-bond donors (Lipinski definition) is 2. The Bertz CT molecular complexity index is 645. The van der Waals surface area contributed by atoms with E-state index in [0.717, 1.165) is 34.4 Å². The normalized spacial score (nSPS) is 24.7. The van der Waals surface area contributed by atoms with Gasteiger partial charge in [-0.3, -0.25) is 4.79 Å². The summed E-state index contributed by atoms with van der Waals surface area (Å²) in [6, 6.07) is -0.0155. The number of nitrogens with one attached hydrogen (secondary N) is 1. The van der Waals surface area contributed by atoms with Gasteiger partial charge in [0.1, 0.15) is 0 Å². The van der Waals surface area contributed by atoms with Crippen LogP contribution in [0.15, 0.2) is 0 Å². The molecule has 2 rings (SSSR count). The van der Waals surface area contributed by atoms with Crippen molar-refractivity contribution in [2.45, 2.75) is 60.0 Å². The molecular formula is C19H30N2O2. The number of amides is 1. The summed E-state index contributed by atoms with van der Waals surface area (Å²) in [5, 5.41) is 12.9. The van der Waals surface area contributed by atoms with Crippen LogP contribution in [0, 0.1) is 33.6 Å². The molecule has 23 heavy (non-hydrogen) atoms. The number of aliphatic hydroxyl groups is 1. The summed E-state index contributed by atoms with van der Waals surface area (Å²) in [4.78, 5) is 15.3. The maximum Gasteiger partial charge on any atom is 0.256 e. The number of benzene rings is 1. The smallest absolute Gasteiger partial charge is 0.256 e. The SMILES string of the molecule is [2H]Cc1c(C)c(C)c(C(=O)N2C(C)C(C)C[C@H]2CO)c(NC)c1C. The van der Waals surface area contributed by atoms with Gasteiger partial charge in [0.2, 0.25) is 0 Å². The highest BCUT2D eigenvalue weighted by Crippen LogP contribution is 2.36. The summed E-state index contributed by atoms with van der Waals surface area (Å²) in [6.07, 6.45) is 0.833. The van der Waals surface area contributed by atoms with Crippen molar-refractivity contribution in [3.05, 3.63) is 27.8 Å². The molecule has 4 nitrogen and oxygen atoms in total. The molecule has 128 valence electrons. The van der Waals surface area contributed by atoms with E-state index >= 15 is 0 Å². The van der Waals surface area contributed by atoms with Crippen LogP contribution in [0.1, 0.15) is 54.3 Å². The van der Waals surface area contributed by atoms with Crippen molar-refractivity contribution in [2.75, 3.05) is 19.0 Å². The number of rotatable bonds is 3. The van der Waals surface area contributed by atoms with E-state index < -0.39 is 0 Å². The lowest BCUT2D eigenvalue weighted by Gasteiger charge is -2.31. The van der Waals surface area contributed by atoms with Crippen LogP contribution >= 0.6 is 0 Å². The van der Waals surface area contributed by atoms with Crippen molar-refractivity contribution in [3.8, 4) is 0 Å². The van der Waals surface area contributed by atoms with Crippen molar-refractivity contribution in [1.29, 1.82) is 0 Å². The van der Waals surface area contributed by atoms with Crippen LogP contribution in [-0.4, -0.2) is 41.7 Å². The van der Waals surface area contributed by atoms with Gasteiger partial charge in [0.05, 0.1) is 23.9 Å². The molecule has 0 bridgehead atoms. The Morgan fingerprint density at radius 2 is 1.91 bits per heavy atom. The standard InChI is InChI=1S/C19H30N2O2/c1-10-8-16(9-22)21(15(10)6)19(23)17-13(4)11(2)12(3)14(5)18(17)20-7/h10,15-16,20,22H,8-9H2,1-7H3/t10?,15?,16-/m0/s1/i3D. The quantitative estimate of drug-likeness (QED) is 0.899. The number of nitrogens with zero attached hydrogens (tertiary/aromatic N) is 1. The first-order valence-corrected chi connectivity index (χ1v) is 8.33. The monoisotopic (exact) mass is 319 g/mol. The van der Waals surface area contributed by atoms with Crippen LogP contribution in [0.2, 0.25) is 0 Å². The van der Waals surface area contributed by atoms with E-state index in [2.05, 4.69) is 19.2 Å². The first-order chi connectivity index (χ1) is 11.3. The third-order valence-corrected chi connectivity index (χ3v) is 5.68. The highest BCUT2D eigenvalue weighted by molar-refractivity contribution is 6.03. The predicted molar refractivity (Wildman–Crippen MR) is 95.2 cm³/mol. The highest BCUT2D eigenvalue weighted by Gasteiger charge is 2.40. The molecule has 2 N–H and O–H groups in total. The molecule has 1 aromatic rings. The van der Waals surface area contributed by atoms with Gasteiger partial charge in [-0.25, -0.2) is 0 Å². The first kappa shape index (κ1) is 16.3. The van der Waals surface area contributed by atoms with Crippen molar-refractivity contribution in [1.82, 2.24) is 4.90 Å². The number of carbonyl (C=O) groups excluding carboxylic acids is 1. The molecule has 0 aliphatic carbocycles.